The number of rotatable bonds is 12. The van der Waals surface area contributed by atoms with Crippen molar-refractivity contribution in [3.05, 3.63) is 157 Å². The molecule has 0 aromatic heterocycles. The van der Waals surface area contributed by atoms with Crippen molar-refractivity contribution in [1.82, 2.24) is 0 Å². The van der Waals surface area contributed by atoms with Crippen LogP contribution in [-0.4, -0.2) is 24.5 Å². The summed E-state index contributed by atoms with van der Waals surface area (Å²) in [7, 11) is 0. The molecule has 0 unspecified atom stereocenters. The molecule has 0 amide bonds. The highest BCUT2D eigenvalue weighted by Gasteiger charge is 2.30. The molecule has 0 atom stereocenters. The van der Waals surface area contributed by atoms with Crippen LogP contribution in [0, 0.1) is 0 Å². The predicted molar refractivity (Wildman–Crippen MR) is 217 cm³/mol. The van der Waals surface area contributed by atoms with Crippen LogP contribution in [0.25, 0.3) is 0 Å². The first-order valence-electron chi connectivity index (χ1n) is 14.5. The second kappa shape index (κ2) is 17.7. The van der Waals surface area contributed by atoms with Crippen LogP contribution in [0.15, 0.2) is 135 Å². The summed E-state index contributed by atoms with van der Waals surface area (Å²) >= 11 is 14.8. The number of esters is 2. The van der Waals surface area contributed by atoms with Crippen LogP contribution in [0.5, 0.6) is 11.5 Å². The molecule has 0 saturated heterocycles. The molecule has 0 aliphatic carbocycles. The summed E-state index contributed by atoms with van der Waals surface area (Å²) in [6.07, 6.45) is 4.29. The number of thioether (sulfide) groups is 8. The van der Waals surface area contributed by atoms with E-state index in [-0.39, 0.29) is 11.9 Å². The Hall–Kier alpha value is -2.16. The Balaban J connectivity index is 1.11. The van der Waals surface area contributed by atoms with E-state index in [2.05, 4.69) is 12.5 Å². The van der Waals surface area contributed by atoms with Crippen molar-refractivity contribution in [3.63, 3.8) is 0 Å². The number of carbonyl (C=O) groups excluding carboxylic acids is 2. The molecular weight excluding hydrogens is 753 g/mol. The van der Waals surface area contributed by atoms with Gasteiger partial charge in [0.05, 0.1) is 36.5 Å². The van der Waals surface area contributed by atoms with E-state index in [9.17, 15) is 9.59 Å². The third-order valence-corrected chi connectivity index (χ3v) is 18.1. The molecule has 0 radical (unpaired) electrons. The first kappa shape index (κ1) is 35.7. The molecule has 2 heterocycles. The summed E-state index contributed by atoms with van der Waals surface area (Å²) in [5.41, 5.74) is 3.37. The van der Waals surface area contributed by atoms with Crippen molar-refractivity contribution in [2.75, 3.05) is 12.5 Å². The second-order valence-electron chi connectivity index (χ2n) is 9.92. The number of ether oxygens (including phenoxy) is 2. The lowest BCUT2D eigenvalue weighted by molar-refractivity contribution is 0.0725. The number of carbonyl (C=O) groups is 2. The average molecular weight is 781 g/mol. The van der Waals surface area contributed by atoms with Crippen LogP contribution in [0.1, 0.15) is 31.8 Å². The molecule has 0 saturated carbocycles. The van der Waals surface area contributed by atoms with Crippen LogP contribution in [-0.2, 0) is 11.5 Å². The second-order valence-corrected chi connectivity index (χ2v) is 19.2. The number of hydrogen-bond donors (Lipinski definition) is 0. The van der Waals surface area contributed by atoms with Crippen LogP contribution < -0.4 is 9.47 Å². The summed E-state index contributed by atoms with van der Waals surface area (Å²) < 4.78 is 19.1. The van der Waals surface area contributed by atoms with E-state index in [1.807, 2.05) is 179 Å². The van der Waals surface area contributed by atoms with Crippen LogP contribution in [0.4, 0.5) is 0 Å². The van der Waals surface area contributed by atoms with Crippen molar-refractivity contribution in [2.24, 2.45) is 0 Å². The maximum absolute atomic E-state index is 12.5. The van der Waals surface area contributed by atoms with Crippen molar-refractivity contribution < 1.29 is 19.1 Å². The molecule has 2 aliphatic rings. The van der Waals surface area contributed by atoms with Gasteiger partial charge >= 0.3 is 11.9 Å². The molecule has 4 aromatic carbocycles. The van der Waals surface area contributed by atoms with Gasteiger partial charge in [-0.2, -0.15) is 0 Å². The minimum Gasteiger partial charge on any atom is -0.423 e. The van der Waals surface area contributed by atoms with Crippen LogP contribution in [0.2, 0.25) is 0 Å². The van der Waals surface area contributed by atoms with Gasteiger partial charge in [-0.1, -0.05) is 108 Å². The van der Waals surface area contributed by atoms with Gasteiger partial charge < -0.3 is 9.47 Å². The lowest BCUT2D eigenvalue weighted by Gasteiger charge is -2.08. The maximum atomic E-state index is 12.5. The molecule has 0 N–H and O–H groups in total. The highest BCUT2D eigenvalue weighted by molar-refractivity contribution is 8.44. The van der Waals surface area contributed by atoms with Gasteiger partial charge in [-0.25, -0.2) is 9.59 Å². The fraction of sp³-hybridized carbons (Fsp3) is 0.111. The van der Waals surface area contributed by atoms with Gasteiger partial charge in [-0.3, -0.25) is 0 Å². The SMILES string of the molecule is CSC1=C(SC)SC(=C2SC(SCc3ccc(OC(=O)c4ccccc4)cc3)=C(SCc3ccc(OC(=O)c4ccccc4)cc3)S2)S1. The molecule has 0 bridgehead atoms. The summed E-state index contributed by atoms with van der Waals surface area (Å²) in [6.45, 7) is 0. The smallest absolute Gasteiger partial charge is 0.343 e. The van der Waals surface area contributed by atoms with E-state index in [1.165, 1.54) is 25.4 Å². The van der Waals surface area contributed by atoms with Gasteiger partial charge in [0, 0.05) is 11.5 Å². The summed E-state index contributed by atoms with van der Waals surface area (Å²) in [5.74, 6) is 1.94. The maximum Gasteiger partial charge on any atom is 0.343 e. The molecule has 4 nitrogen and oxygen atoms in total. The molecule has 6 rings (SSSR count). The summed E-state index contributed by atoms with van der Waals surface area (Å²) in [4.78, 5) is 24.9. The first-order valence-corrected chi connectivity index (χ1v) is 22.2. The number of hydrogen-bond acceptors (Lipinski definition) is 12. The Morgan fingerprint density at radius 3 is 1.21 bits per heavy atom. The van der Waals surface area contributed by atoms with Gasteiger partial charge in [0.2, 0.25) is 0 Å². The molecule has 4 aromatic rings. The largest absolute Gasteiger partial charge is 0.423 e. The highest BCUT2D eigenvalue weighted by Crippen LogP contribution is 2.66. The average Bonchev–Trinajstić information content (AvgIpc) is 3.75. The monoisotopic (exact) mass is 780 g/mol. The normalized spacial score (nSPS) is 14.5. The highest BCUT2D eigenvalue weighted by atomic mass is 32.3. The van der Waals surface area contributed by atoms with E-state index in [4.69, 9.17) is 9.47 Å². The van der Waals surface area contributed by atoms with Crippen molar-refractivity contribution in [2.45, 2.75) is 11.5 Å². The lowest BCUT2D eigenvalue weighted by Crippen LogP contribution is -2.07. The van der Waals surface area contributed by atoms with Gasteiger partial charge in [0.15, 0.2) is 0 Å². The van der Waals surface area contributed by atoms with E-state index in [1.54, 1.807) is 24.3 Å². The Morgan fingerprint density at radius 2 is 0.854 bits per heavy atom. The molecule has 0 spiro atoms. The molecule has 12 heteroatoms. The zero-order valence-electron chi connectivity index (χ0n) is 25.7. The Labute approximate surface area is 314 Å². The van der Waals surface area contributed by atoms with Gasteiger partial charge in [0.1, 0.15) is 11.5 Å². The Morgan fingerprint density at radius 1 is 0.500 bits per heavy atom. The minimum absolute atomic E-state index is 0.362. The Bertz CT molecular complexity index is 1720. The quantitative estimate of drug-likeness (QED) is 0.102. The van der Waals surface area contributed by atoms with Gasteiger partial charge in [0.25, 0.3) is 0 Å². The predicted octanol–water partition coefficient (Wildman–Crippen LogP) is 12.4. The van der Waals surface area contributed by atoms with Crippen LogP contribution >= 0.6 is 94.1 Å². The fourth-order valence-electron chi connectivity index (χ4n) is 4.22. The molecule has 0 fully saturated rings. The third-order valence-electron chi connectivity index (χ3n) is 6.64. The lowest BCUT2D eigenvalue weighted by atomic mass is 10.2. The van der Waals surface area contributed by atoms with E-state index in [0.717, 1.165) is 22.6 Å². The van der Waals surface area contributed by atoms with Crippen molar-refractivity contribution >= 4 is 106 Å². The summed E-state index contributed by atoms with van der Waals surface area (Å²) in [5, 5.41) is 0. The van der Waals surface area contributed by atoms with Crippen molar-refractivity contribution in [3.8, 4) is 11.5 Å². The fourth-order valence-corrected chi connectivity index (χ4v) is 15.3. The molecular formula is C36H28O4S8. The standard InChI is InChI=1S/C36H28O4S8/c1-41-31-32(42-2)46-35(45-31)36-47-33(43-21-23-13-17-27(18-14-23)39-29(37)25-9-5-3-6-10-25)34(48-36)44-22-24-15-19-28(20-16-24)40-30(38)26-11-7-4-8-12-26/h3-20H,21-22H2,1-2H3. The minimum atomic E-state index is -0.362. The summed E-state index contributed by atoms with van der Waals surface area (Å²) in [6, 6.07) is 33.6. The first-order chi connectivity index (χ1) is 23.5. The molecule has 48 heavy (non-hydrogen) atoms. The van der Waals surface area contributed by atoms with Gasteiger partial charge in [-0.05, 0) is 72.2 Å². The van der Waals surface area contributed by atoms with E-state index >= 15 is 0 Å². The molecule has 244 valence electrons. The Kier molecular flexibility index (Phi) is 13.1. The zero-order valence-corrected chi connectivity index (χ0v) is 32.2. The zero-order chi connectivity index (χ0) is 33.3. The third kappa shape index (κ3) is 9.54. The molecule has 2 aliphatic heterocycles. The topological polar surface area (TPSA) is 52.6 Å². The van der Waals surface area contributed by atoms with E-state index in [0.29, 0.717) is 22.6 Å². The number of benzene rings is 4. The van der Waals surface area contributed by atoms with E-state index < -0.39 is 0 Å². The van der Waals surface area contributed by atoms with Crippen LogP contribution in [0.3, 0.4) is 0 Å². The van der Waals surface area contributed by atoms with Crippen molar-refractivity contribution in [1.29, 1.82) is 0 Å². The van der Waals surface area contributed by atoms with Gasteiger partial charge in [-0.15, -0.1) is 47.0 Å².